The second kappa shape index (κ2) is 6.14. The monoisotopic (exact) mass is 248 g/mol. The van der Waals surface area contributed by atoms with Crippen molar-refractivity contribution in [3.8, 4) is 0 Å². The van der Waals surface area contributed by atoms with Gasteiger partial charge in [-0.1, -0.05) is 13.8 Å². The quantitative estimate of drug-likeness (QED) is 0.888. The molecular formula is C14H24N4. The van der Waals surface area contributed by atoms with E-state index in [0.717, 1.165) is 31.0 Å². The first kappa shape index (κ1) is 13.3. The molecule has 0 aliphatic carbocycles. The van der Waals surface area contributed by atoms with Crippen molar-refractivity contribution >= 4 is 5.82 Å². The predicted octanol–water partition coefficient (Wildman–Crippen LogP) is 2.31. The van der Waals surface area contributed by atoms with Gasteiger partial charge in [-0.15, -0.1) is 5.10 Å². The average Bonchev–Trinajstić information content (AvgIpc) is 2.40. The molecule has 1 atom stereocenters. The van der Waals surface area contributed by atoms with Gasteiger partial charge in [-0.3, -0.25) is 0 Å². The average molecular weight is 248 g/mol. The summed E-state index contributed by atoms with van der Waals surface area (Å²) in [5.41, 5.74) is 6.76. The molecule has 1 aromatic heterocycles. The highest BCUT2D eigenvalue weighted by molar-refractivity contribution is 5.39. The molecule has 2 rings (SSSR count). The maximum atomic E-state index is 5.70. The van der Waals surface area contributed by atoms with E-state index >= 15 is 0 Å². The molecule has 18 heavy (non-hydrogen) atoms. The third-order valence-corrected chi connectivity index (χ3v) is 3.68. The van der Waals surface area contributed by atoms with E-state index in [0.29, 0.717) is 12.0 Å². The Morgan fingerprint density at radius 1 is 1.33 bits per heavy atom. The van der Waals surface area contributed by atoms with Gasteiger partial charge in [-0.2, -0.15) is 5.10 Å². The molecular weight excluding hydrogens is 224 g/mol. The molecule has 2 heterocycles. The van der Waals surface area contributed by atoms with Gasteiger partial charge in [-0.05, 0) is 50.3 Å². The zero-order valence-corrected chi connectivity index (χ0v) is 11.5. The molecule has 0 saturated carbocycles. The van der Waals surface area contributed by atoms with Crippen LogP contribution >= 0.6 is 0 Å². The third-order valence-electron chi connectivity index (χ3n) is 3.68. The van der Waals surface area contributed by atoms with E-state index in [1.165, 1.54) is 19.3 Å². The van der Waals surface area contributed by atoms with Crippen LogP contribution in [0.3, 0.4) is 0 Å². The Morgan fingerprint density at radius 3 is 2.78 bits per heavy atom. The highest BCUT2D eigenvalue weighted by atomic mass is 15.3. The van der Waals surface area contributed by atoms with E-state index in [1.54, 1.807) is 0 Å². The molecule has 2 N–H and O–H groups in total. The maximum absolute atomic E-state index is 5.70. The second-order valence-corrected chi connectivity index (χ2v) is 5.39. The lowest BCUT2D eigenvalue weighted by Crippen LogP contribution is -2.41. The SMILES string of the molecule is CC(C)c1ccc(N2CCCCC2CCN)nn1. The van der Waals surface area contributed by atoms with Gasteiger partial charge in [0.15, 0.2) is 5.82 Å². The van der Waals surface area contributed by atoms with Crippen LogP contribution in [0.15, 0.2) is 12.1 Å². The largest absolute Gasteiger partial charge is 0.352 e. The van der Waals surface area contributed by atoms with Crippen LogP contribution in [0.2, 0.25) is 0 Å². The lowest BCUT2D eigenvalue weighted by atomic mass is 9.99. The molecule has 1 unspecified atom stereocenters. The molecule has 1 fully saturated rings. The molecule has 1 aromatic rings. The van der Waals surface area contributed by atoms with E-state index in [9.17, 15) is 0 Å². The van der Waals surface area contributed by atoms with Gasteiger partial charge in [0.2, 0.25) is 0 Å². The van der Waals surface area contributed by atoms with Crippen molar-refractivity contribution in [3.05, 3.63) is 17.8 Å². The summed E-state index contributed by atoms with van der Waals surface area (Å²) in [5.74, 6) is 1.45. The van der Waals surface area contributed by atoms with Crippen LogP contribution in [0.5, 0.6) is 0 Å². The number of hydrogen-bond donors (Lipinski definition) is 1. The summed E-state index contributed by atoms with van der Waals surface area (Å²) >= 11 is 0. The third kappa shape index (κ3) is 2.99. The molecule has 0 amide bonds. The molecule has 0 bridgehead atoms. The van der Waals surface area contributed by atoms with E-state index in [2.05, 4.69) is 41.1 Å². The number of rotatable bonds is 4. The van der Waals surface area contributed by atoms with Gasteiger partial charge < -0.3 is 10.6 Å². The number of aromatic nitrogens is 2. The van der Waals surface area contributed by atoms with Gasteiger partial charge in [0.25, 0.3) is 0 Å². The first-order chi connectivity index (χ1) is 8.72. The first-order valence-corrected chi connectivity index (χ1v) is 7.02. The number of nitrogens with two attached hydrogens (primary N) is 1. The molecule has 100 valence electrons. The van der Waals surface area contributed by atoms with E-state index in [-0.39, 0.29) is 0 Å². The maximum Gasteiger partial charge on any atom is 0.151 e. The summed E-state index contributed by atoms with van der Waals surface area (Å²) in [6.45, 7) is 6.11. The van der Waals surface area contributed by atoms with Crippen molar-refractivity contribution in [2.75, 3.05) is 18.0 Å². The molecule has 0 spiro atoms. The zero-order valence-electron chi connectivity index (χ0n) is 11.5. The van der Waals surface area contributed by atoms with Crippen molar-refractivity contribution in [1.29, 1.82) is 0 Å². The normalized spacial score (nSPS) is 20.4. The Bertz CT molecular complexity index is 359. The second-order valence-electron chi connectivity index (χ2n) is 5.39. The fourth-order valence-electron chi connectivity index (χ4n) is 2.59. The van der Waals surface area contributed by atoms with Gasteiger partial charge in [-0.25, -0.2) is 0 Å². The van der Waals surface area contributed by atoms with Crippen LogP contribution in [0, 0.1) is 0 Å². The molecule has 1 aliphatic rings. The van der Waals surface area contributed by atoms with Gasteiger partial charge in [0.05, 0.1) is 5.69 Å². The summed E-state index contributed by atoms with van der Waals surface area (Å²) < 4.78 is 0. The van der Waals surface area contributed by atoms with Gasteiger partial charge >= 0.3 is 0 Å². The highest BCUT2D eigenvalue weighted by Crippen LogP contribution is 2.25. The van der Waals surface area contributed by atoms with Gasteiger partial charge in [0.1, 0.15) is 0 Å². The van der Waals surface area contributed by atoms with Crippen molar-refractivity contribution in [2.24, 2.45) is 5.73 Å². The Hall–Kier alpha value is -1.16. The molecule has 4 nitrogen and oxygen atoms in total. The Labute approximate surface area is 110 Å². The number of hydrogen-bond acceptors (Lipinski definition) is 4. The predicted molar refractivity (Wildman–Crippen MR) is 74.8 cm³/mol. The molecule has 4 heteroatoms. The fraction of sp³-hybridized carbons (Fsp3) is 0.714. The van der Waals surface area contributed by atoms with Crippen LogP contribution < -0.4 is 10.6 Å². The topological polar surface area (TPSA) is 55.0 Å². The van der Waals surface area contributed by atoms with Crippen LogP contribution in [-0.2, 0) is 0 Å². The minimum Gasteiger partial charge on any atom is -0.352 e. The fourth-order valence-corrected chi connectivity index (χ4v) is 2.59. The Morgan fingerprint density at radius 2 is 2.17 bits per heavy atom. The van der Waals surface area contributed by atoms with Gasteiger partial charge in [0, 0.05) is 12.6 Å². The number of nitrogens with zero attached hydrogens (tertiary/aromatic N) is 3. The lowest BCUT2D eigenvalue weighted by molar-refractivity contribution is 0.437. The highest BCUT2D eigenvalue weighted by Gasteiger charge is 2.23. The van der Waals surface area contributed by atoms with E-state index < -0.39 is 0 Å². The Kier molecular flexibility index (Phi) is 4.53. The minimum atomic E-state index is 0.438. The zero-order chi connectivity index (χ0) is 13.0. The number of anilines is 1. The summed E-state index contributed by atoms with van der Waals surface area (Å²) in [6, 6.07) is 4.75. The summed E-state index contributed by atoms with van der Waals surface area (Å²) in [7, 11) is 0. The minimum absolute atomic E-state index is 0.438. The van der Waals surface area contributed by atoms with Crippen LogP contribution in [0.1, 0.15) is 51.1 Å². The van der Waals surface area contributed by atoms with Crippen molar-refractivity contribution in [3.63, 3.8) is 0 Å². The van der Waals surface area contributed by atoms with E-state index in [4.69, 9.17) is 5.73 Å². The van der Waals surface area contributed by atoms with E-state index in [1.807, 2.05) is 0 Å². The van der Waals surface area contributed by atoms with Crippen LogP contribution in [-0.4, -0.2) is 29.3 Å². The standard InChI is InChI=1S/C14H24N4/c1-11(2)13-6-7-14(17-16-13)18-10-4-3-5-12(18)8-9-15/h6-7,11-12H,3-5,8-10,15H2,1-2H3. The molecule has 0 aromatic carbocycles. The first-order valence-electron chi connectivity index (χ1n) is 7.02. The summed E-state index contributed by atoms with van der Waals surface area (Å²) in [5, 5.41) is 8.72. The smallest absolute Gasteiger partial charge is 0.151 e. The molecule has 1 saturated heterocycles. The van der Waals surface area contributed by atoms with Crippen LogP contribution in [0.25, 0.3) is 0 Å². The lowest BCUT2D eigenvalue weighted by Gasteiger charge is -2.36. The van der Waals surface area contributed by atoms with Crippen LogP contribution in [0.4, 0.5) is 5.82 Å². The van der Waals surface area contributed by atoms with Crippen molar-refractivity contribution in [2.45, 2.75) is 51.5 Å². The Balaban J connectivity index is 2.12. The summed E-state index contributed by atoms with van der Waals surface area (Å²) in [6.07, 6.45) is 4.83. The number of piperidine rings is 1. The van der Waals surface area contributed by atoms with Crippen molar-refractivity contribution in [1.82, 2.24) is 10.2 Å². The summed E-state index contributed by atoms with van der Waals surface area (Å²) in [4.78, 5) is 2.38. The van der Waals surface area contributed by atoms with Crippen molar-refractivity contribution < 1.29 is 0 Å². The molecule has 0 radical (unpaired) electrons. The molecule has 1 aliphatic heterocycles.